The molecule has 2 aliphatic heterocycles. The second-order valence-electron chi connectivity index (χ2n) is 5.47. The van der Waals surface area contributed by atoms with E-state index in [1.165, 1.54) is 5.56 Å². The molecule has 110 valence electrons. The lowest BCUT2D eigenvalue weighted by Gasteiger charge is -2.36. The largest absolute Gasteiger partial charge is 0.336 e. The van der Waals surface area contributed by atoms with Crippen LogP contribution in [0, 0.1) is 11.8 Å². The van der Waals surface area contributed by atoms with Crippen LogP contribution in [0.5, 0.6) is 0 Å². The van der Waals surface area contributed by atoms with Crippen molar-refractivity contribution < 1.29 is 4.79 Å². The minimum Gasteiger partial charge on any atom is -0.336 e. The van der Waals surface area contributed by atoms with Crippen LogP contribution in [-0.2, 0) is 6.54 Å². The fraction of sp³-hybridized carbons (Fsp3) is 0.438. The number of hydrogen-bond donors (Lipinski definition) is 2. The van der Waals surface area contributed by atoms with Crippen LogP contribution >= 0.6 is 0 Å². The fourth-order valence-corrected chi connectivity index (χ4v) is 2.97. The SMILES string of the molecule is NCC#Cc1cccc(CN2CCN3C(=O)NCC3C2)c1. The third-order valence-electron chi connectivity index (χ3n) is 3.98. The second-order valence-corrected chi connectivity index (χ2v) is 5.47. The van der Waals surface area contributed by atoms with Crippen LogP contribution < -0.4 is 11.1 Å². The van der Waals surface area contributed by atoms with Crippen molar-refractivity contribution in [1.82, 2.24) is 15.1 Å². The number of fused-ring (bicyclic) bond motifs is 1. The van der Waals surface area contributed by atoms with Crippen molar-refractivity contribution in [3.8, 4) is 11.8 Å². The predicted molar refractivity (Wildman–Crippen MR) is 81.5 cm³/mol. The molecule has 1 aromatic carbocycles. The van der Waals surface area contributed by atoms with Gasteiger partial charge in [-0.2, -0.15) is 0 Å². The summed E-state index contributed by atoms with van der Waals surface area (Å²) in [4.78, 5) is 15.9. The van der Waals surface area contributed by atoms with E-state index in [2.05, 4.69) is 34.2 Å². The molecule has 0 bridgehead atoms. The van der Waals surface area contributed by atoms with Gasteiger partial charge < -0.3 is 16.0 Å². The van der Waals surface area contributed by atoms with Gasteiger partial charge in [-0.25, -0.2) is 4.79 Å². The molecule has 0 radical (unpaired) electrons. The molecule has 3 rings (SSSR count). The predicted octanol–water partition coefficient (Wildman–Crippen LogP) is 0.206. The highest BCUT2D eigenvalue weighted by Crippen LogP contribution is 2.16. The molecule has 2 amide bonds. The molecule has 1 atom stereocenters. The van der Waals surface area contributed by atoms with Crippen molar-refractivity contribution in [2.75, 3.05) is 32.7 Å². The zero-order valence-electron chi connectivity index (χ0n) is 12.0. The summed E-state index contributed by atoms with van der Waals surface area (Å²) < 4.78 is 0. The molecule has 21 heavy (non-hydrogen) atoms. The molecule has 1 aromatic rings. The minimum atomic E-state index is 0.0821. The van der Waals surface area contributed by atoms with E-state index in [0.29, 0.717) is 12.6 Å². The highest BCUT2D eigenvalue weighted by Gasteiger charge is 2.35. The fourth-order valence-electron chi connectivity index (χ4n) is 2.97. The molecule has 0 aromatic heterocycles. The Morgan fingerprint density at radius 3 is 3.14 bits per heavy atom. The van der Waals surface area contributed by atoms with Crippen LogP contribution in [0.25, 0.3) is 0 Å². The minimum absolute atomic E-state index is 0.0821. The van der Waals surface area contributed by atoms with Crippen LogP contribution in [0.1, 0.15) is 11.1 Å². The summed E-state index contributed by atoms with van der Waals surface area (Å²) in [6, 6.07) is 8.67. The van der Waals surface area contributed by atoms with E-state index in [0.717, 1.165) is 38.3 Å². The van der Waals surface area contributed by atoms with Crippen LogP contribution in [0.15, 0.2) is 24.3 Å². The first-order valence-electron chi connectivity index (χ1n) is 7.31. The van der Waals surface area contributed by atoms with Crippen molar-refractivity contribution >= 4 is 6.03 Å². The third kappa shape index (κ3) is 3.18. The lowest BCUT2D eigenvalue weighted by atomic mass is 10.1. The smallest absolute Gasteiger partial charge is 0.317 e. The number of urea groups is 1. The average Bonchev–Trinajstić information content (AvgIpc) is 2.86. The van der Waals surface area contributed by atoms with Gasteiger partial charge in [0.1, 0.15) is 0 Å². The van der Waals surface area contributed by atoms with E-state index >= 15 is 0 Å². The second kappa shape index (κ2) is 6.17. The van der Waals surface area contributed by atoms with E-state index in [1.807, 2.05) is 17.0 Å². The van der Waals surface area contributed by atoms with Crippen LogP contribution in [-0.4, -0.2) is 54.6 Å². The summed E-state index contributed by atoms with van der Waals surface area (Å²) in [6.45, 7) is 4.70. The Hall–Kier alpha value is -2.03. The van der Waals surface area contributed by atoms with Gasteiger partial charge in [0.25, 0.3) is 0 Å². The lowest BCUT2D eigenvalue weighted by molar-refractivity contribution is 0.116. The summed E-state index contributed by atoms with van der Waals surface area (Å²) in [5.41, 5.74) is 7.67. The Bertz CT molecular complexity index is 589. The summed E-state index contributed by atoms with van der Waals surface area (Å²) in [6.07, 6.45) is 0. The van der Waals surface area contributed by atoms with Crippen molar-refractivity contribution in [1.29, 1.82) is 0 Å². The monoisotopic (exact) mass is 284 g/mol. The van der Waals surface area contributed by atoms with Gasteiger partial charge in [-0.15, -0.1) is 0 Å². The number of nitrogens with one attached hydrogen (secondary N) is 1. The van der Waals surface area contributed by atoms with Crippen molar-refractivity contribution in [3.63, 3.8) is 0 Å². The van der Waals surface area contributed by atoms with E-state index in [9.17, 15) is 4.79 Å². The number of piperazine rings is 1. The first kappa shape index (κ1) is 13.9. The summed E-state index contributed by atoms with van der Waals surface area (Å²) >= 11 is 0. The molecule has 2 fully saturated rings. The van der Waals surface area contributed by atoms with E-state index in [4.69, 9.17) is 5.73 Å². The zero-order valence-corrected chi connectivity index (χ0v) is 12.0. The molecule has 1 unspecified atom stereocenters. The number of carbonyl (C=O) groups excluding carboxylic acids is 1. The Labute approximate surface area is 125 Å². The number of amides is 2. The number of hydrogen-bond acceptors (Lipinski definition) is 3. The van der Waals surface area contributed by atoms with Crippen LogP contribution in [0.4, 0.5) is 4.79 Å². The van der Waals surface area contributed by atoms with Gasteiger partial charge in [-0.05, 0) is 17.7 Å². The molecule has 2 saturated heterocycles. The van der Waals surface area contributed by atoms with Gasteiger partial charge in [0, 0.05) is 38.3 Å². The summed E-state index contributed by atoms with van der Waals surface area (Å²) in [5.74, 6) is 5.95. The molecule has 0 aliphatic carbocycles. The van der Waals surface area contributed by atoms with Gasteiger partial charge in [0.05, 0.1) is 12.6 Å². The molecule has 5 heteroatoms. The van der Waals surface area contributed by atoms with E-state index in [1.54, 1.807) is 0 Å². The lowest BCUT2D eigenvalue weighted by Crippen LogP contribution is -2.51. The highest BCUT2D eigenvalue weighted by atomic mass is 16.2. The summed E-state index contributed by atoms with van der Waals surface area (Å²) in [5, 5.41) is 2.91. The zero-order chi connectivity index (χ0) is 14.7. The van der Waals surface area contributed by atoms with E-state index < -0.39 is 0 Å². The highest BCUT2D eigenvalue weighted by molar-refractivity contribution is 5.77. The number of nitrogens with zero attached hydrogens (tertiary/aromatic N) is 2. The summed E-state index contributed by atoms with van der Waals surface area (Å²) in [7, 11) is 0. The standard InChI is InChI=1S/C16H20N4O/c17-6-2-5-13-3-1-4-14(9-13)11-19-7-8-20-15(12-19)10-18-16(20)21/h1,3-4,9,15H,6-8,10-12,17H2,(H,18,21). The number of benzene rings is 1. The van der Waals surface area contributed by atoms with Crippen molar-refractivity contribution in [3.05, 3.63) is 35.4 Å². The molecule has 0 saturated carbocycles. The Kier molecular flexibility index (Phi) is 4.09. The average molecular weight is 284 g/mol. The normalized spacial score (nSPS) is 21.5. The molecule has 2 aliphatic rings. The Morgan fingerprint density at radius 1 is 1.38 bits per heavy atom. The van der Waals surface area contributed by atoms with Crippen LogP contribution in [0.2, 0.25) is 0 Å². The molecule has 3 N–H and O–H groups in total. The third-order valence-corrected chi connectivity index (χ3v) is 3.98. The molecular formula is C16H20N4O. The molecule has 0 spiro atoms. The van der Waals surface area contributed by atoms with Crippen LogP contribution in [0.3, 0.4) is 0 Å². The maximum Gasteiger partial charge on any atom is 0.317 e. The van der Waals surface area contributed by atoms with Gasteiger partial charge in [-0.1, -0.05) is 24.0 Å². The van der Waals surface area contributed by atoms with Gasteiger partial charge in [-0.3, -0.25) is 4.90 Å². The first-order chi connectivity index (χ1) is 10.3. The van der Waals surface area contributed by atoms with Crippen molar-refractivity contribution in [2.45, 2.75) is 12.6 Å². The maximum absolute atomic E-state index is 11.6. The Balaban J connectivity index is 1.63. The quantitative estimate of drug-likeness (QED) is 0.763. The maximum atomic E-state index is 11.6. The molecule has 2 heterocycles. The molecular weight excluding hydrogens is 264 g/mol. The van der Waals surface area contributed by atoms with Gasteiger partial charge in [0.15, 0.2) is 0 Å². The number of carbonyl (C=O) groups is 1. The Morgan fingerprint density at radius 2 is 2.29 bits per heavy atom. The topological polar surface area (TPSA) is 61.6 Å². The van der Waals surface area contributed by atoms with Crippen molar-refractivity contribution in [2.24, 2.45) is 5.73 Å². The van der Waals surface area contributed by atoms with Gasteiger partial charge >= 0.3 is 6.03 Å². The molecule has 5 nitrogen and oxygen atoms in total. The number of nitrogens with two attached hydrogens (primary N) is 1. The number of rotatable bonds is 2. The van der Waals surface area contributed by atoms with Gasteiger partial charge in [0.2, 0.25) is 0 Å². The first-order valence-corrected chi connectivity index (χ1v) is 7.31. The van der Waals surface area contributed by atoms with E-state index in [-0.39, 0.29) is 6.03 Å².